The number of carboxylic acid groups (broad SMARTS) is 1. The van der Waals surface area contributed by atoms with Crippen LogP contribution in [0.15, 0.2) is 49.1 Å². The van der Waals surface area contributed by atoms with Gasteiger partial charge in [-0.05, 0) is 18.2 Å². The first-order chi connectivity index (χ1) is 12.2. The average Bonchev–Trinajstić information content (AvgIpc) is 3.26. The van der Waals surface area contributed by atoms with Gasteiger partial charge in [-0.3, -0.25) is 4.98 Å². The van der Waals surface area contributed by atoms with E-state index in [1.165, 1.54) is 12.3 Å². The molecule has 0 amide bonds. The fourth-order valence-corrected chi connectivity index (χ4v) is 2.91. The van der Waals surface area contributed by atoms with E-state index in [0.29, 0.717) is 22.3 Å². The number of aromatic amines is 1. The molecule has 0 aliphatic rings. The van der Waals surface area contributed by atoms with E-state index in [1.807, 2.05) is 18.2 Å². The van der Waals surface area contributed by atoms with E-state index in [1.54, 1.807) is 18.6 Å². The molecule has 0 saturated carbocycles. The van der Waals surface area contributed by atoms with Gasteiger partial charge in [-0.25, -0.2) is 9.78 Å². The molecule has 4 aromatic heterocycles. The van der Waals surface area contributed by atoms with E-state index in [9.17, 15) is 8.68 Å². The summed E-state index contributed by atoms with van der Waals surface area (Å²) in [5.41, 5.74) is 3.04. The van der Waals surface area contributed by atoms with Crippen LogP contribution in [-0.4, -0.2) is 35.2 Å². The van der Waals surface area contributed by atoms with Crippen molar-refractivity contribution in [1.82, 2.24) is 24.1 Å². The van der Waals surface area contributed by atoms with Crippen molar-refractivity contribution in [3.8, 4) is 22.4 Å². The van der Waals surface area contributed by atoms with Crippen molar-refractivity contribution in [2.45, 2.75) is 0 Å². The lowest BCUT2D eigenvalue weighted by molar-refractivity contribution is 0.0691. The molecule has 124 valence electrons. The molecular formula is C16H10FN5O2S. The van der Waals surface area contributed by atoms with Crippen LogP contribution in [0.5, 0.6) is 0 Å². The van der Waals surface area contributed by atoms with Crippen LogP contribution in [0.3, 0.4) is 0 Å². The number of nitrogens with zero attached hydrogens (tertiary/aromatic N) is 4. The number of carboxylic acids is 1. The van der Waals surface area contributed by atoms with E-state index in [-0.39, 0.29) is 18.0 Å². The Labute approximate surface area is 145 Å². The molecule has 4 rings (SSSR count). The highest BCUT2D eigenvalue weighted by atomic mass is 32.2. The number of H-pyrrole nitrogens is 1. The van der Waals surface area contributed by atoms with E-state index in [4.69, 9.17) is 5.11 Å². The number of halogens is 1. The summed E-state index contributed by atoms with van der Waals surface area (Å²) in [4.78, 5) is 22.1. The Morgan fingerprint density at radius 1 is 1.24 bits per heavy atom. The number of fused-ring (bicyclic) bond motifs is 1. The molecule has 0 atom stereocenters. The van der Waals surface area contributed by atoms with Gasteiger partial charge in [0, 0.05) is 46.9 Å². The Balaban J connectivity index is 1.92. The number of aromatic nitrogens is 5. The van der Waals surface area contributed by atoms with Gasteiger partial charge in [0.15, 0.2) is 18.0 Å². The van der Waals surface area contributed by atoms with Crippen molar-refractivity contribution in [2.75, 3.05) is 0 Å². The Kier molecular flexibility index (Phi) is 3.69. The highest BCUT2D eigenvalue weighted by Crippen LogP contribution is 2.32. The Bertz CT molecular complexity index is 1080. The molecule has 0 bridgehead atoms. The largest absolute Gasteiger partial charge is 0.477 e. The van der Waals surface area contributed by atoms with Gasteiger partial charge in [-0.1, -0.05) is 6.07 Å². The average molecular weight is 355 g/mol. The highest BCUT2D eigenvalue weighted by molar-refractivity contribution is 7.92. The molecule has 0 aliphatic carbocycles. The lowest BCUT2D eigenvalue weighted by Crippen LogP contribution is -1.94. The smallest absolute Gasteiger partial charge is 0.352 e. The van der Waals surface area contributed by atoms with Gasteiger partial charge in [-0.2, -0.15) is 9.19 Å². The van der Waals surface area contributed by atoms with Gasteiger partial charge in [-0.15, -0.1) is 3.89 Å². The van der Waals surface area contributed by atoms with Crippen molar-refractivity contribution < 1.29 is 13.8 Å². The SMILES string of the molecule is O=C(O)c1cc(-c2nn(SF)c3ncc(-c4cccnc4)cc23)c[nH]1. The molecule has 0 spiro atoms. The number of hydrogen-bond donors (Lipinski definition) is 2. The summed E-state index contributed by atoms with van der Waals surface area (Å²) < 4.78 is 14.3. The summed E-state index contributed by atoms with van der Waals surface area (Å²) in [6.45, 7) is 0. The zero-order valence-electron chi connectivity index (χ0n) is 12.5. The molecule has 7 nitrogen and oxygen atoms in total. The zero-order chi connectivity index (χ0) is 17.4. The maximum absolute atomic E-state index is 13.2. The van der Waals surface area contributed by atoms with E-state index in [2.05, 4.69) is 20.1 Å². The number of carbonyl (C=O) groups is 1. The summed E-state index contributed by atoms with van der Waals surface area (Å²) in [6, 6.07) is 6.99. The third-order valence-electron chi connectivity index (χ3n) is 3.74. The van der Waals surface area contributed by atoms with Gasteiger partial charge < -0.3 is 10.1 Å². The standard InChI is InChI=1S/C16H10FN5O2S/c17-25-22-15-12(4-10(7-20-15)9-2-1-3-18-6-9)14(21-22)11-5-13(16(23)24)19-8-11/h1-8,19H,(H,23,24). The minimum absolute atomic E-state index is 0.0296. The maximum Gasteiger partial charge on any atom is 0.352 e. The van der Waals surface area contributed by atoms with Crippen molar-refractivity contribution in [2.24, 2.45) is 0 Å². The number of aromatic carboxylic acids is 1. The van der Waals surface area contributed by atoms with Crippen LogP contribution >= 0.6 is 12.3 Å². The van der Waals surface area contributed by atoms with Crippen LogP contribution in [0.25, 0.3) is 33.4 Å². The van der Waals surface area contributed by atoms with Crippen molar-refractivity contribution >= 4 is 29.3 Å². The molecule has 0 aliphatic heterocycles. The predicted molar refractivity (Wildman–Crippen MR) is 91.6 cm³/mol. The van der Waals surface area contributed by atoms with Crippen LogP contribution in [0.2, 0.25) is 0 Å². The summed E-state index contributed by atoms with van der Waals surface area (Å²) in [5, 5.41) is 13.9. The second-order valence-corrected chi connectivity index (χ2v) is 5.72. The highest BCUT2D eigenvalue weighted by Gasteiger charge is 2.18. The Morgan fingerprint density at radius 3 is 2.80 bits per heavy atom. The van der Waals surface area contributed by atoms with Crippen LogP contribution in [0.4, 0.5) is 3.89 Å². The molecule has 0 unspecified atom stereocenters. The second-order valence-electron chi connectivity index (χ2n) is 5.23. The fourth-order valence-electron chi connectivity index (χ4n) is 2.58. The normalized spacial score (nSPS) is 11.1. The van der Waals surface area contributed by atoms with Crippen LogP contribution in [-0.2, 0) is 0 Å². The minimum Gasteiger partial charge on any atom is -0.477 e. The molecule has 0 aromatic carbocycles. The number of nitrogens with one attached hydrogen (secondary N) is 1. The molecular weight excluding hydrogens is 345 g/mol. The minimum atomic E-state index is -1.08. The first-order valence-corrected chi connectivity index (χ1v) is 7.85. The molecule has 0 fully saturated rings. The predicted octanol–water partition coefficient (Wildman–Crippen LogP) is 3.57. The first kappa shape index (κ1) is 15.3. The van der Waals surface area contributed by atoms with Gasteiger partial charge in [0.2, 0.25) is 0 Å². The summed E-state index contributed by atoms with van der Waals surface area (Å²) in [7, 11) is 0. The quantitative estimate of drug-likeness (QED) is 0.581. The summed E-state index contributed by atoms with van der Waals surface area (Å²) in [6.07, 6.45) is 6.52. The van der Waals surface area contributed by atoms with Crippen LogP contribution < -0.4 is 0 Å². The topological polar surface area (TPSA) is 96.7 Å². The molecule has 2 N–H and O–H groups in total. The molecule has 0 radical (unpaired) electrons. The zero-order valence-corrected chi connectivity index (χ0v) is 13.4. The van der Waals surface area contributed by atoms with Gasteiger partial charge in [0.25, 0.3) is 0 Å². The molecule has 4 heterocycles. The molecule has 4 aromatic rings. The third-order valence-corrected chi connectivity index (χ3v) is 4.13. The van der Waals surface area contributed by atoms with Crippen LogP contribution in [0.1, 0.15) is 10.5 Å². The monoisotopic (exact) mass is 355 g/mol. The third kappa shape index (κ3) is 2.64. The first-order valence-electron chi connectivity index (χ1n) is 7.17. The number of pyridine rings is 2. The van der Waals surface area contributed by atoms with Gasteiger partial charge in [0.1, 0.15) is 11.4 Å². The molecule has 0 saturated heterocycles. The van der Waals surface area contributed by atoms with Gasteiger partial charge in [0.05, 0.1) is 0 Å². The second kappa shape index (κ2) is 6.02. The van der Waals surface area contributed by atoms with Crippen LogP contribution in [0, 0.1) is 0 Å². The summed E-state index contributed by atoms with van der Waals surface area (Å²) >= 11 is -0.0673. The Hall–Kier alpha value is -3.20. The lowest BCUT2D eigenvalue weighted by atomic mass is 10.1. The van der Waals surface area contributed by atoms with Gasteiger partial charge >= 0.3 is 5.97 Å². The van der Waals surface area contributed by atoms with Crippen molar-refractivity contribution in [3.63, 3.8) is 0 Å². The van der Waals surface area contributed by atoms with E-state index in [0.717, 1.165) is 15.2 Å². The number of rotatable bonds is 4. The summed E-state index contributed by atoms with van der Waals surface area (Å²) in [5.74, 6) is -1.08. The Morgan fingerprint density at radius 2 is 2.12 bits per heavy atom. The van der Waals surface area contributed by atoms with Crippen molar-refractivity contribution in [1.29, 1.82) is 0 Å². The fraction of sp³-hybridized carbons (Fsp3) is 0. The van der Waals surface area contributed by atoms with E-state index >= 15 is 0 Å². The van der Waals surface area contributed by atoms with Crippen molar-refractivity contribution in [3.05, 3.63) is 54.7 Å². The van der Waals surface area contributed by atoms with E-state index < -0.39 is 5.97 Å². The lowest BCUT2D eigenvalue weighted by Gasteiger charge is -2.01. The molecule has 9 heteroatoms. The number of hydrogen-bond acceptors (Lipinski definition) is 5. The molecule has 25 heavy (non-hydrogen) atoms. The maximum atomic E-state index is 13.2.